The second-order valence-electron chi connectivity index (χ2n) is 6.01. The van der Waals surface area contributed by atoms with Crippen molar-refractivity contribution in [2.75, 3.05) is 13.2 Å². The minimum Gasteiger partial charge on any atom is -0.395 e. The maximum absolute atomic E-state index is 12.6. The number of carbonyl (C=O) groups is 1. The number of amides is 2. The number of aliphatic hydroxyl groups excluding tert-OH is 1. The summed E-state index contributed by atoms with van der Waals surface area (Å²) in [6.07, 6.45) is 5.84. The van der Waals surface area contributed by atoms with Gasteiger partial charge in [0, 0.05) is 32.5 Å². The van der Waals surface area contributed by atoms with E-state index in [0.717, 1.165) is 18.4 Å². The SMILES string of the molecule is Cn1ccc(CNC(=O)N(CCO)C2CCc3ccccc32)c1. The molecule has 2 N–H and O–H groups in total. The molecule has 0 saturated carbocycles. The lowest BCUT2D eigenvalue weighted by atomic mass is 10.1. The van der Waals surface area contributed by atoms with E-state index in [0.29, 0.717) is 13.1 Å². The van der Waals surface area contributed by atoms with Crippen molar-refractivity contribution >= 4 is 6.03 Å². The Morgan fingerprint density at radius 3 is 2.96 bits per heavy atom. The molecular formula is C18H23N3O2. The maximum atomic E-state index is 12.6. The minimum atomic E-state index is -0.121. The highest BCUT2D eigenvalue weighted by Gasteiger charge is 2.30. The predicted octanol–water partition coefficient (Wildman–Crippen LogP) is 2.22. The van der Waals surface area contributed by atoms with Gasteiger partial charge >= 0.3 is 6.03 Å². The number of aromatic nitrogens is 1. The number of hydrogen-bond donors (Lipinski definition) is 2. The van der Waals surface area contributed by atoms with Crippen LogP contribution in [0.2, 0.25) is 0 Å². The van der Waals surface area contributed by atoms with Crippen molar-refractivity contribution in [3.63, 3.8) is 0 Å². The summed E-state index contributed by atoms with van der Waals surface area (Å²) < 4.78 is 1.96. The Labute approximate surface area is 136 Å². The highest BCUT2D eigenvalue weighted by molar-refractivity contribution is 5.75. The van der Waals surface area contributed by atoms with Crippen molar-refractivity contribution in [3.05, 3.63) is 59.4 Å². The smallest absolute Gasteiger partial charge is 0.318 e. The molecule has 0 radical (unpaired) electrons. The van der Waals surface area contributed by atoms with Crippen molar-refractivity contribution in [2.24, 2.45) is 7.05 Å². The van der Waals surface area contributed by atoms with E-state index >= 15 is 0 Å². The number of aliphatic hydroxyl groups is 1. The van der Waals surface area contributed by atoms with Gasteiger partial charge in [0.2, 0.25) is 0 Å². The van der Waals surface area contributed by atoms with Crippen LogP contribution in [0.15, 0.2) is 42.7 Å². The first-order valence-electron chi connectivity index (χ1n) is 8.03. The van der Waals surface area contributed by atoms with E-state index in [-0.39, 0.29) is 18.7 Å². The Hall–Kier alpha value is -2.27. The normalized spacial score (nSPS) is 16.2. The molecule has 1 aromatic heterocycles. The van der Waals surface area contributed by atoms with E-state index in [4.69, 9.17) is 0 Å². The molecule has 1 aliphatic carbocycles. The molecule has 0 fully saturated rings. The first-order valence-corrected chi connectivity index (χ1v) is 8.03. The largest absolute Gasteiger partial charge is 0.395 e. The first kappa shape index (κ1) is 15.6. The van der Waals surface area contributed by atoms with Gasteiger partial charge in [0.15, 0.2) is 0 Å². The van der Waals surface area contributed by atoms with Crippen LogP contribution in [-0.2, 0) is 20.0 Å². The molecule has 0 aliphatic heterocycles. The van der Waals surface area contributed by atoms with E-state index in [1.807, 2.05) is 42.2 Å². The minimum absolute atomic E-state index is 0.0303. The molecule has 1 unspecified atom stereocenters. The Bertz CT molecular complexity index is 680. The fourth-order valence-corrected chi connectivity index (χ4v) is 3.31. The summed E-state index contributed by atoms with van der Waals surface area (Å²) >= 11 is 0. The van der Waals surface area contributed by atoms with Gasteiger partial charge in [-0.05, 0) is 35.6 Å². The van der Waals surface area contributed by atoms with Crippen molar-refractivity contribution in [2.45, 2.75) is 25.4 Å². The van der Waals surface area contributed by atoms with E-state index in [2.05, 4.69) is 17.4 Å². The number of hydrogen-bond acceptors (Lipinski definition) is 2. The number of aryl methyl sites for hydroxylation is 2. The van der Waals surface area contributed by atoms with Crippen LogP contribution < -0.4 is 5.32 Å². The molecule has 5 nitrogen and oxygen atoms in total. The van der Waals surface area contributed by atoms with Crippen LogP contribution in [0.5, 0.6) is 0 Å². The number of nitrogens with one attached hydrogen (secondary N) is 1. The van der Waals surface area contributed by atoms with E-state index < -0.39 is 0 Å². The van der Waals surface area contributed by atoms with Gasteiger partial charge in [-0.2, -0.15) is 0 Å². The molecule has 0 saturated heterocycles. The second-order valence-corrected chi connectivity index (χ2v) is 6.01. The van der Waals surface area contributed by atoms with Crippen LogP contribution in [0.25, 0.3) is 0 Å². The Balaban J connectivity index is 1.70. The number of urea groups is 1. The fourth-order valence-electron chi connectivity index (χ4n) is 3.31. The topological polar surface area (TPSA) is 57.5 Å². The molecule has 0 bridgehead atoms. The predicted molar refractivity (Wildman–Crippen MR) is 88.9 cm³/mol. The number of benzene rings is 1. The van der Waals surface area contributed by atoms with E-state index in [1.165, 1.54) is 11.1 Å². The molecule has 2 aromatic rings. The van der Waals surface area contributed by atoms with Crippen LogP contribution in [0.4, 0.5) is 4.79 Å². The summed E-state index contributed by atoms with van der Waals surface area (Å²) in [5.41, 5.74) is 3.57. The molecule has 3 rings (SSSR count). The lowest BCUT2D eigenvalue weighted by Gasteiger charge is -2.29. The first-order chi connectivity index (χ1) is 11.2. The molecule has 1 aliphatic rings. The summed E-state index contributed by atoms with van der Waals surface area (Å²) in [5, 5.41) is 12.3. The number of rotatable bonds is 5. The van der Waals surface area contributed by atoms with Crippen LogP contribution in [0.1, 0.15) is 29.2 Å². The number of carbonyl (C=O) groups excluding carboxylic acids is 1. The highest BCUT2D eigenvalue weighted by atomic mass is 16.3. The average Bonchev–Trinajstić information content (AvgIpc) is 3.16. The van der Waals surface area contributed by atoms with Gasteiger partial charge in [0.05, 0.1) is 12.6 Å². The summed E-state index contributed by atoms with van der Waals surface area (Å²) in [6, 6.07) is 10.2. The Morgan fingerprint density at radius 2 is 2.22 bits per heavy atom. The second kappa shape index (κ2) is 6.87. The zero-order valence-electron chi connectivity index (χ0n) is 13.4. The molecule has 5 heteroatoms. The van der Waals surface area contributed by atoms with Gasteiger partial charge in [-0.3, -0.25) is 0 Å². The molecule has 1 aromatic carbocycles. The van der Waals surface area contributed by atoms with Gasteiger partial charge in [0.25, 0.3) is 0 Å². The summed E-state index contributed by atoms with van der Waals surface area (Å²) in [4.78, 5) is 14.4. The van der Waals surface area contributed by atoms with Crippen LogP contribution in [0.3, 0.4) is 0 Å². The van der Waals surface area contributed by atoms with Gasteiger partial charge < -0.3 is 19.9 Å². The molecule has 122 valence electrons. The molecule has 2 amide bonds. The summed E-state index contributed by atoms with van der Waals surface area (Å²) in [7, 11) is 1.96. The molecule has 0 spiro atoms. The third kappa shape index (κ3) is 3.40. The lowest BCUT2D eigenvalue weighted by molar-refractivity contribution is 0.151. The van der Waals surface area contributed by atoms with Gasteiger partial charge in [-0.1, -0.05) is 24.3 Å². The van der Waals surface area contributed by atoms with E-state index in [1.54, 1.807) is 4.90 Å². The van der Waals surface area contributed by atoms with E-state index in [9.17, 15) is 9.90 Å². The zero-order chi connectivity index (χ0) is 16.2. The fraction of sp³-hybridized carbons (Fsp3) is 0.389. The van der Waals surface area contributed by atoms with Crippen LogP contribution in [0, 0.1) is 0 Å². The Kier molecular flexibility index (Phi) is 4.67. The number of fused-ring (bicyclic) bond motifs is 1. The zero-order valence-corrected chi connectivity index (χ0v) is 13.4. The maximum Gasteiger partial charge on any atom is 0.318 e. The van der Waals surface area contributed by atoms with Crippen molar-refractivity contribution < 1.29 is 9.90 Å². The van der Waals surface area contributed by atoms with Crippen molar-refractivity contribution in [1.29, 1.82) is 0 Å². The van der Waals surface area contributed by atoms with Crippen molar-refractivity contribution in [3.8, 4) is 0 Å². The van der Waals surface area contributed by atoms with Gasteiger partial charge in [-0.25, -0.2) is 4.79 Å². The highest BCUT2D eigenvalue weighted by Crippen LogP contribution is 2.35. The standard InChI is InChI=1S/C18H23N3O2/c1-20-9-8-14(13-20)12-19-18(23)21(10-11-22)17-7-6-15-4-2-3-5-16(15)17/h2-5,8-9,13,17,22H,6-7,10-12H2,1H3,(H,19,23). The molecule has 1 heterocycles. The lowest BCUT2D eigenvalue weighted by Crippen LogP contribution is -2.42. The average molecular weight is 313 g/mol. The van der Waals surface area contributed by atoms with Crippen LogP contribution >= 0.6 is 0 Å². The van der Waals surface area contributed by atoms with Gasteiger partial charge in [0.1, 0.15) is 0 Å². The number of nitrogens with zero attached hydrogens (tertiary/aromatic N) is 2. The molecular weight excluding hydrogens is 290 g/mol. The Morgan fingerprint density at radius 1 is 1.39 bits per heavy atom. The third-order valence-corrected chi connectivity index (χ3v) is 4.42. The monoisotopic (exact) mass is 313 g/mol. The molecule has 1 atom stereocenters. The quantitative estimate of drug-likeness (QED) is 0.889. The van der Waals surface area contributed by atoms with Gasteiger partial charge in [-0.15, -0.1) is 0 Å². The van der Waals surface area contributed by atoms with Crippen LogP contribution in [-0.4, -0.2) is 33.8 Å². The molecule has 23 heavy (non-hydrogen) atoms. The summed E-state index contributed by atoms with van der Waals surface area (Å²) in [6.45, 7) is 0.813. The van der Waals surface area contributed by atoms with Crippen molar-refractivity contribution in [1.82, 2.24) is 14.8 Å². The third-order valence-electron chi connectivity index (χ3n) is 4.42. The summed E-state index contributed by atoms with van der Waals surface area (Å²) in [5.74, 6) is 0.